The van der Waals surface area contributed by atoms with Gasteiger partial charge in [0.2, 0.25) is 0 Å². The fourth-order valence-electron chi connectivity index (χ4n) is 5.47. The van der Waals surface area contributed by atoms with E-state index < -0.39 is 8.07 Å². The highest BCUT2D eigenvalue weighted by molar-refractivity contribution is 6.88. The van der Waals surface area contributed by atoms with Crippen molar-refractivity contribution in [3.05, 3.63) is 158 Å². The quantitative estimate of drug-likeness (QED) is 0.168. The molecule has 0 fully saturated rings. The molecule has 222 valence electrons. The fraction of sp³-hybridized carbons (Fsp3) is 0.0714. The molecule has 0 amide bonds. The number of hydrogen-bond acceptors (Lipinski definition) is 3. The number of hydrogen-bond donors (Lipinski definition) is 0. The summed E-state index contributed by atoms with van der Waals surface area (Å²) in [5.41, 5.74) is 6.37. The second kappa shape index (κ2) is 12.5. The molecule has 6 aromatic carbocycles. The molecule has 46 heavy (non-hydrogen) atoms. The lowest BCUT2D eigenvalue weighted by Crippen LogP contribution is -2.37. The number of nitrogens with zero attached hydrogens (tertiary/aromatic N) is 3. The summed E-state index contributed by atoms with van der Waals surface area (Å²) >= 11 is 0. The Bertz CT molecular complexity index is 2340. The van der Waals surface area contributed by atoms with E-state index in [0.717, 1.165) is 22.3 Å². The molecule has 3 nitrogen and oxygen atoms in total. The van der Waals surface area contributed by atoms with Gasteiger partial charge in [-0.1, -0.05) is 170 Å². The van der Waals surface area contributed by atoms with E-state index in [2.05, 4.69) is 50.0 Å². The lowest BCUT2D eigenvalue weighted by atomic mass is 9.97. The molecule has 0 atom stereocenters. The average molecular weight is 614 g/mol. The Morgan fingerprint density at radius 3 is 1.63 bits per heavy atom. The first-order chi connectivity index (χ1) is 24.1. The topological polar surface area (TPSA) is 38.7 Å². The first-order valence-corrected chi connectivity index (χ1v) is 18.9. The third-order valence-electron chi connectivity index (χ3n) is 7.99. The van der Waals surface area contributed by atoms with Crippen LogP contribution in [0.2, 0.25) is 19.6 Å². The SMILES string of the molecule is [2H]c1c([2H])c(-c2ccc([Si](C)(C)C)cc2)c([2H])c(-c2cccc(-c3nc(-c4ccccc4)nc(-c4ccccc4-c4ccccc4)n3)c2)c1[2H]. The van der Waals surface area contributed by atoms with Crippen molar-refractivity contribution < 1.29 is 5.48 Å². The molecule has 1 aromatic heterocycles. The van der Waals surface area contributed by atoms with Gasteiger partial charge in [-0.3, -0.25) is 0 Å². The lowest BCUT2D eigenvalue weighted by molar-refractivity contribution is 1.07. The Hall–Kier alpha value is -5.45. The third kappa shape index (κ3) is 6.21. The van der Waals surface area contributed by atoms with Gasteiger partial charge in [0.05, 0.1) is 13.6 Å². The molecule has 0 saturated carbocycles. The van der Waals surface area contributed by atoms with Gasteiger partial charge in [-0.15, -0.1) is 0 Å². The van der Waals surface area contributed by atoms with Crippen molar-refractivity contribution in [1.29, 1.82) is 0 Å². The van der Waals surface area contributed by atoms with E-state index in [4.69, 9.17) is 19.1 Å². The monoisotopic (exact) mass is 613 g/mol. The van der Waals surface area contributed by atoms with Crippen LogP contribution in [-0.2, 0) is 0 Å². The van der Waals surface area contributed by atoms with Crippen molar-refractivity contribution in [2.24, 2.45) is 0 Å². The summed E-state index contributed by atoms with van der Waals surface area (Å²) in [4.78, 5) is 14.9. The van der Waals surface area contributed by atoms with Crippen LogP contribution in [0.4, 0.5) is 0 Å². The molecule has 0 spiro atoms. The predicted octanol–water partition coefficient (Wildman–Crippen LogP) is 10.4. The second-order valence-corrected chi connectivity index (χ2v) is 17.3. The standard InChI is InChI=1S/C42H35N3Si/c1-46(2,3)37-26-24-30(25-27-37)33-18-12-19-34(28-33)35-20-13-21-36(29-35)41-43-40(32-16-8-5-9-17-32)44-42(45-41)39-23-11-10-22-38(39)31-14-6-4-7-15-31/h4-29H,1-3H3/i12D,18D,19D,28D. The molecule has 0 N–H and O–H groups in total. The molecule has 0 unspecified atom stereocenters. The summed E-state index contributed by atoms with van der Waals surface area (Å²) < 4.78 is 35.7. The Balaban J connectivity index is 1.39. The minimum absolute atomic E-state index is 0.0482. The van der Waals surface area contributed by atoms with Crippen LogP contribution < -0.4 is 5.19 Å². The molecule has 0 aliphatic rings. The first-order valence-electron chi connectivity index (χ1n) is 17.4. The van der Waals surface area contributed by atoms with E-state index in [9.17, 15) is 1.37 Å². The largest absolute Gasteiger partial charge is 0.208 e. The zero-order valence-electron chi connectivity index (χ0n) is 30.0. The van der Waals surface area contributed by atoms with Gasteiger partial charge in [-0.25, -0.2) is 15.0 Å². The minimum Gasteiger partial charge on any atom is -0.208 e. The summed E-state index contributed by atoms with van der Waals surface area (Å²) in [6.07, 6.45) is 0. The fourth-order valence-corrected chi connectivity index (χ4v) is 6.64. The van der Waals surface area contributed by atoms with Gasteiger partial charge in [0.25, 0.3) is 0 Å². The number of aromatic nitrogens is 3. The smallest absolute Gasteiger partial charge is 0.164 e. The molecular formula is C42H35N3Si. The normalized spacial score (nSPS) is 12.6. The summed E-state index contributed by atoms with van der Waals surface area (Å²) in [7, 11) is -1.56. The molecule has 0 bridgehead atoms. The summed E-state index contributed by atoms with van der Waals surface area (Å²) in [6, 6.07) is 43.0. The van der Waals surface area contributed by atoms with E-state index >= 15 is 0 Å². The maximum absolute atomic E-state index is 9.29. The maximum Gasteiger partial charge on any atom is 0.164 e. The average Bonchev–Trinajstić information content (AvgIpc) is 3.14. The third-order valence-corrected chi connectivity index (χ3v) is 10.1. The van der Waals surface area contributed by atoms with Crippen molar-refractivity contribution in [2.45, 2.75) is 19.6 Å². The molecule has 0 aliphatic carbocycles. The molecule has 4 heteroatoms. The van der Waals surface area contributed by atoms with Crippen molar-refractivity contribution in [1.82, 2.24) is 15.0 Å². The van der Waals surface area contributed by atoms with Crippen LogP contribution in [0, 0.1) is 0 Å². The molecule has 0 aliphatic heterocycles. The van der Waals surface area contributed by atoms with E-state index in [0.29, 0.717) is 45.3 Å². The van der Waals surface area contributed by atoms with Crippen LogP contribution >= 0.6 is 0 Å². The van der Waals surface area contributed by atoms with Gasteiger partial charge in [-0.05, 0) is 45.5 Å². The zero-order chi connectivity index (χ0) is 35.0. The second-order valence-electron chi connectivity index (χ2n) is 12.2. The van der Waals surface area contributed by atoms with Gasteiger partial charge in [-0.2, -0.15) is 0 Å². The molecule has 0 saturated heterocycles. The van der Waals surface area contributed by atoms with Crippen LogP contribution in [0.1, 0.15) is 5.48 Å². The van der Waals surface area contributed by atoms with Crippen molar-refractivity contribution in [3.8, 4) is 67.5 Å². The van der Waals surface area contributed by atoms with Crippen LogP contribution in [0.25, 0.3) is 67.5 Å². The Kier molecular flexibility index (Phi) is 6.75. The van der Waals surface area contributed by atoms with Gasteiger partial charge in [0.1, 0.15) is 0 Å². The zero-order valence-corrected chi connectivity index (χ0v) is 27.0. The van der Waals surface area contributed by atoms with Gasteiger partial charge >= 0.3 is 0 Å². The van der Waals surface area contributed by atoms with Crippen LogP contribution in [0.15, 0.2) is 158 Å². The van der Waals surface area contributed by atoms with Crippen LogP contribution in [-0.4, -0.2) is 23.0 Å². The molecule has 7 aromatic rings. The highest BCUT2D eigenvalue weighted by Crippen LogP contribution is 2.33. The molecule has 7 rings (SSSR count). The van der Waals surface area contributed by atoms with Crippen molar-refractivity contribution >= 4 is 13.3 Å². The number of rotatable bonds is 7. The Morgan fingerprint density at radius 1 is 0.435 bits per heavy atom. The van der Waals surface area contributed by atoms with E-state index in [1.807, 2.05) is 103 Å². The van der Waals surface area contributed by atoms with Crippen LogP contribution in [0.3, 0.4) is 0 Å². The van der Waals surface area contributed by atoms with Gasteiger partial charge in [0.15, 0.2) is 17.5 Å². The van der Waals surface area contributed by atoms with Gasteiger partial charge < -0.3 is 0 Å². The van der Waals surface area contributed by atoms with E-state index in [1.54, 1.807) is 0 Å². The van der Waals surface area contributed by atoms with E-state index in [-0.39, 0.29) is 24.2 Å². The van der Waals surface area contributed by atoms with Crippen molar-refractivity contribution in [3.63, 3.8) is 0 Å². The molecule has 0 radical (unpaired) electrons. The molecular weight excluding hydrogens is 575 g/mol. The summed E-state index contributed by atoms with van der Waals surface area (Å²) in [5.74, 6) is 1.50. The predicted molar refractivity (Wildman–Crippen MR) is 195 cm³/mol. The van der Waals surface area contributed by atoms with Gasteiger partial charge in [0, 0.05) is 16.7 Å². The first kappa shape index (κ1) is 24.8. The van der Waals surface area contributed by atoms with Crippen molar-refractivity contribution in [2.75, 3.05) is 0 Å². The number of benzene rings is 6. The van der Waals surface area contributed by atoms with Crippen LogP contribution in [0.5, 0.6) is 0 Å². The highest BCUT2D eigenvalue weighted by Gasteiger charge is 2.17. The Labute approximate surface area is 278 Å². The minimum atomic E-state index is -1.56. The Morgan fingerprint density at radius 2 is 0.957 bits per heavy atom. The highest BCUT2D eigenvalue weighted by atomic mass is 28.3. The molecule has 1 heterocycles. The summed E-state index contributed by atoms with van der Waals surface area (Å²) in [5, 5.41) is 1.27. The summed E-state index contributed by atoms with van der Waals surface area (Å²) in [6.45, 7) is 6.82. The van der Waals surface area contributed by atoms with E-state index in [1.165, 1.54) is 5.19 Å². The lowest BCUT2D eigenvalue weighted by Gasteiger charge is -2.17. The maximum atomic E-state index is 9.29.